The number of aldehydes is 1. The molecule has 0 fully saturated rings. The molecule has 2 aromatic carbocycles. The molecule has 2 aromatic rings. The number of rotatable bonds is 4. The third-order valence-corrected chi connectivity index (χ3v) is 3.56. The SMILES string of the molecule is Cc1ccc(CN(C)c2ccc(Br)cc2C=O)cc1. The second-order valence-corrected chi connectivity index (χ2v) is 5.58. The van der Waals surface area contributed by atoms with Crippen LogP contribution < -0.4 is 4.90 Å². The lowest BCUT2D eigenvalue weighted by molar-refractivity contribution is 0.112. The van der Waals surface area contributed by atoms with E-state index in [1.54, 1.807) is 0 Å². The molecule has 0 aromatic heterocycles. The predicted molar refractivity (Wildman–Crippen MR) is 82.8 cm³/mol. The van der Waals surface area contributed by atoms with Gasteiger partial charge in [-0.05, 0) is 30.7 Å². The first-order chi connectivity index (χ1) is 9.10. The first-order valence-corrected chi connectivity index (χ1v) is 6.91. The molecule has 19 heavy (non-hydrogen) atoms. The molecule has 0 heterocycles. The molecular formula is C16H16BrNO. The van der Waals surface area contributed by atoms with E-state index in [1.807, 2.05) is 25.2 Å². The number of carbonyl (C=O) groups is 1. The molecule has 0 aliphatic carbocycles. The van der Waals surface area contributed by atoms with Gasteiger partial charge in [0.1, 0.15) is 0 Å². The first kappa shape index (κ1) is 13.8. The van der Waals surface area contributed by atoms with Gasteiger partial charge in [0.2, 0.25) is 0 Å². The Hall–Kier alpha value is -1.61. The van der Waals surface area contributed by atoms with Gasteiger partial charge in [-0.1, -0.05) is 45.8 Å². The highest BCUT2D eigenvalue weighted by atomic mass is 79.9. The first-order valence-electron chi connectivity index (χ1n) is 6.11. The van der Waals surface area contributed by atoms with Crippen LogP contribution in [0.2, 0.25) is 0 Å². The zero-order valence-electron chi connectivity index (χ0n) is 11.1. The zero-order valence-corrected chi connectivity index (χ0v) is 12.6. The second-order valence-electron chi connectivity index (χ2n) is 4.66. The van der Waals surface area contributed by atoms with E-state index in [-0.39, 0.29) is 0 Å². The van der Waals surface area contributed by atoms with Crippen LogP contribution in [0.1, 0.15) is 21.5 Å². The normalized spacial score (nSPS) is 10.3. The fourth-order valence-corrected chi connectivity index (χ4v) is 2.40. The van der Waals surface area contributed by atoms with Crippen molar-refractivity contribution < 1.29 is 4.79 Å². The maximum absolute atomic E-state index is 11.1. The summed E-state index contributed by atoms with van der Waals surface area (Å²) in [6.45, 7) is 2.86. The third-order valence-electron chi connectivity index (χ3n) is 3.07. The van der Waals surface area contributed by atoms with Crippen molar-refractivity contribution >= 4 is 27.9 Å². The molecule has 0 saturated heterocycles. The Bertz CT molecular complexity index is 578. The summed E-state index contributed by atoms with van der Waals surface area (Å²) < 4.78 is 0.919. The summed E-state index contributed by atoms with van der Waals surface area (Å²) >= 11 is 3.38. The second kappa shape index (κ2) is 6.02. The molecular weight excluding hydrogens is 302 g/mol. The van der Waals surface area contributed by atoms with Crippen molar-refractivity contribution in [2.45, 2.75) is 13.5 Å². The third kappa shape index (κ3) is 3.44. The summed E-state index contributed by atoms with van der Waals surface area (Å²) in [4.78, 5) is 13.2. The van der Waals surface area contributed by atoms with E-state index in [0.717, 1.165) is 23.0 Å². The van der Waals surface area contributed by atoms with Crippen molar-refractivity contribution in [3.8, 4) is 0 Å². The van der Waals surface area contributed by atoms with Gasteiger partial charge < -0.3 is 4.90 Å². The molecule has 0 radical (unpaired) electrons. The molecule has 0 N–H and O–H groups in total. The lowest BCUT2D eigenvalue weighted by Crippen LogP contribution is -2.17. The molecule has 0 amide bonds. The quantitative estimate of drug-likeness (QED) is 0.787. The van der Waals surface area contributed by atoms with E-state index in [0.29, 0.717) is 5.56 Å². The van der Waals surface area contributed by atoms with Crippen LogP contribution in [0.15, 0.2) is 46.9 Å². The number of anilines is 1. The number of hydrogen-bond donors (Lipinski definition) is 0. The van der Waals surface area contributed by atoms with Crippen molar-refractivity contribution in [2.24, 2.45) is 0 Å². The average molecular weight is 318 g/mol. The topological polar surface area (TPSA) is 20.3 Å². The van der Waals surface area contributed by atoms with Crippen molar-refractivity contribution in [2.75, 3.05) is 11.9 Å². The predicted octanol–water partition coefficient (Wildman–Crippen LogP) is 4.21. The van der Waals surface area contributed by atoms with Gasteiger partial charge in [-0.25, -0.2) is 0 Å². The summed E-state index contributed by atoms with van der Waals surface area (Å²) in [5, 5.41) is 0. The van der Waals surface area contributed by atoms with Crippen LogP contribution in [-0.2, 0) is 6.54 Å². The minimum atomic E-state index is 0.698. The van der Waals surface area contributed by atoms with E-state index in [9.17, 15) is 4.79 Å². The van der Waals surface area contributed by atoms with Crippen LogP contribution in [0, 0.1) is 6.92 Å². The number of aryl methyl sites for hydroxylation is 1. The lowest BCUT2D eigenvalue weighted by atomic mass is 10.1. The summed E-state index contributed by atoms with van der Waals surface area (Å²) in [5.41, 5.74) is 4.12. The van der Waals surface area contributed by atoms with Crippen LogP contribution in [0.5, 0.6) is 0 Å². The smallest absolute Gasteiger partial charge is 0.152 e. The van der Waals surface area contributed by atoms with Gasteiger partial charge in [-0.2, -0.15) is 0 Å². The highest BCUT2D eigenvalue weighted by molar-refractivity contribution is 9.10. The van der Waals surface area contributed by atoms with E-state index in [2.05, 4.69) is 52.0 Å². The number of carbonyl (C=O) groups excluding carboxylic acids is 1. The zero-order chi connectivity index (χ0) is 13.8. The van der Waals surface area contributed by atoms with Crippen LogP contribution in [0.3, 0.4) is 0 Å². The maximum atomic E-state index is 11.1. The molecule has 0 saturated carbocycles. The standard InChI is InChI=1S/C16H16BrNO/c1-12-3-5-13(6-4-12)10-18(2)16-8-7-15(17)9-14(16)11-19/h3-9,11H,10H2,1-2H3. The van der Waals surface area contributed by atoms with Gasteiger partial charge in [-0.3, -0.25) is 4.79 Å². The van der Waals surface area contributed by atoms with Crippen LogP contribution in [0.25, 0.3) is 0 Å². The molecule has 2 rings (SSSR count). The van der Waals surface area contributed by atoms with Crippen molar-refractivity contribution in [1.29, 1.82) is 0 Å². The van der Waals surface area contributed by atoms with E-state index >= 15 is 0 Å². The fourth-order valence-electron chi connectivity index (χ4n) is 2.02. The van der Waals surface area contributed by atoms with Crippen LogP contribution in [0.4, 0.5) is 5.69 Å². The highest BCUT2D eigenvalue weighted by Gasteiger charge is 2.08. The lowest BCUT2D eigenvalue weighted by Gasteiger charge is -2.21. The number of nitrogens with zero attached hydrogens (tertiary/aromatic N) is 1. The monoisotopic (exact) mass is 317 g/mol. The minimum absolute atomic E-state index is 0.698. The summed E-state index contributed by atoms with van der Waals surface area (Å²) in [6.07, 6.45) is 0.895. The Morgan fingerprint density at radius 3 is 2.47 bits per heavy atom. The Morgan fingerprint density at radius 2 is 1.84 bits per heavy atom. The minimum Gasteiger partial charge on any atom is -0.370 e. The molecule has 0 aliphatic heterocycles. The molecule has 2 nitrogen and oxygen atoms in total. The Balaban J connectivity index is 2.22. The van der Waals surface area contributed by atoms with E-state index in [1.165, 1.54) is 11.1 Å². The summed E-state index contributed by atoms with van der Waals surface area (Å²) in [5.74, 6) is 0. The molecule has 0 aliphatic rings. The summed E-state index contributed by atoms with van der Waals surface area (Å²) in [6, 6.07) is 14.2. The van der Waals surface area contributed by atoms with Crippen LogP contribution in [-0.4, -0.2) is 13.3 Å². The Morgan fingerprint density at radius 1 is 1.16 bits per heavy atom. The van der Waals surface area contributed by atoms with Gasteiger partial charge in [0.05, 0.1) is 0 Å². The fraction of sp³-hybridized carbons (Fsp3) is 0.188. The van der Waals surface area contributed by atoms with Gasteiger partial charge in [0.25, 0.3) is 0 Å². The molecule has 0 spiro atoms. The Kier molecular flexibility index (Phi) is 4.38. The van der Waals surface area contributed by atoms with Gasteiger partial charge >= 0.3 is 0 Å². The molecule has 98 valence electrons. The Labute approximate surface area is 122 Å². The maximum Gasteiger partial charge on any atom is 0.152 e. The number of benzene rings is 2. The molecule has 3 heteroatoms. The molecule has 0 atom stereocenters. The molecule has 0 unspecified atom stereocenters. The van der Waals surface area contributed by atoms with Crippen molar-refractivity contribution in [3.63, 3.8) is 0 Å². The van der Waals surface area contributed by atoms with Gasteiger partial charge in [0.15, 0.2) is 6.29 Å². The number of halogens is 1. The number of hydrogen-bond acceptors (Lipinski definition) is 2. The average Bonchev–Trinajstić information content (AvgIpc) is 2.41. The molecule has 0 bridgehead atoms. The summed E-state index contributed by atoms with van der Waals surface area (Å²) in [7, 11) is 2.00. The highest BCUT2D eigenvalue weighted by Crippen LogP contribution is 2.23. The van der Waals surface area contributed by atoms with Crippen molar-refractivity contribution in [1.82, 2.24) is 0 Å². The van der Waals surface area contributed by atoms with Crippen LogP contribution >= 0.6 is 15.9 Å². The van der Waals surface area contributed by atoms with E-state index < -0.39 is 0 Å². The van der Waals surface area contributed by atoms with Gasteiger partial charge in [0, 0.05) is 29.3 Å². The van der Waals surface area contributed by atoms with Gasteiger partial charge in [-0.15, -0.1) is 0 Å². The van der Waals surface area contributed by atoms with Crippen molar-refractivity contribution in [3.05, 3.63) is 63.6 Å². The largest absolute Gasteiger partial charge is 0.370 e. The van der Waals surface area contributed by atoms with E-state index in [4.69, 9.17) is 0 Å².